The highest BCUT2D eigenvalue weighted by Gasteiger charge is 2.14. The molecule has 0 aromatic heterocycles. The van der Waals surface area contributed by atoms with Crippen LogP contribution in [0.4, 0.5) is 0 Å². The van der Waals surface area contributed by atoms with Gasteiger partial charge in [0.2, 0.25) is 0 Å². The molecule has 2 nitrogen and oxygen atoms in total. The van der Waals surface area contributed by atoms with Crippen LogP contribution < -0.4 is 8.85 Å². The minimum atomic E-state index is -0.700. The number of hydrogen-bond acceptors (Lipinski definition) is 2. The summed E-state index contributed by atoms with van der Waals surface area (Å²) >= 11 is 0. The minimum Gasteiger partial charge on any atom is -0.542 e. The average molecular weight is 295 g/mol. The Morgan fingerprint density at radius 3 is 1.89 bits per heavy atom. The summed E-state index contributed by atoms with van der Waals surface area (Å²) in [4.78, 5) is 0. The van der Waals surface area contributed by atoms with E-state index in [4.69, 9.17) is 8.85 Å². The molecule has 0 atom stereocenters. The van der Waals surface area contributed by atoms with Gasteiger partial charge in [0.25, 0.3) is 18.1 Å². The fourth-order valence-electron chi connectivity index (χ4n) is 1.86. The minimum absolute atomic E-state index is 0.691. The molecule has 0 amide bonds. The third-order valence-electron chi connectivity index (χ3n) is 3.25. The Labute approximate surface area is 121 Å². The highest BCUT2D eigenvalue weighted by Crippen LogP contribution is 2.26. The van der Waals surface area contributed by atoms with E-state index in [-0.39, 0.29) is 0 Å². The Hall–Kier alpha value is -0.746. The summed E-state index contributed by atoms with van der Waals surface area (Å²) in [7, 11) is -1.39. The van der Waals surface area contributed by atoms with Gasteiger partial charge >= 0.3 is 0 Å². The van der Waals surface area contributed by atoms with E-state index in [0.717, 1.165) is 35.7 Å². The van der Waals surface area contributed by atoms with Gasteiger partial charge in [0, 0.05) is 6.07 Å². The monoisotopic (exact) mass is 294 g/mol. The first kappa shape index (κ1) is 16.3. The van der Waals surface area contributed by atoms with Gasteiger partial charge in [-0.1, -0.05) is 33.8 Å². The first-order valence-corrected chi connectivity index (χ1v) is 10.9. The molecule has 0 saturated heterocycles. The second kappa shape index (κ2) is 8.43. The predicted octanol–water partition coefficient (Wildman–Crippen LogP) is 4.82. The number of hydrogen-bond donors (Lipinski definition) is 0. The van der Waals surface area contributed by atoms with Crippen molar-refractivity contribution in [2.45, 2.75) is 58.8 Å². The summed E-state index contributed by atoms with van der Waals surface area (Å²) in [5.41, 5.74) is 1.21. The number of benzene rings is 1. The maximum atomic E-state index is 6.17. The van der Waals surface area contributed by atoms with Crippen LogP contribution in [0.1, 0.15) is 33.3 Å². The second-order valence-electron chi connectivity index (χ2n) is 4.62. The van der Waals surface area contributed by atoms with E-state index in [0.29, 0.717) is 0 Å². The molecule has 1 aromatic rings. The van der Waals surface area contributed by atoms with Crippen molar-refractivity contribution in [1.82, 2.24) is 0 Å². The van der Waals surface area contributed by atoms with Crippen LogP contribution >= 0.6 is 0 Å². The molecule has 0 aliphatic heterocycles. The smallest absolute Gasteiger partial charge is 0.280 e. The fourth-order valence-corrected chi connectivity index (χ4v) is 4.43. The molecule has 2 radical (unpaired) electrons. The van der Waals surface area contributed by atoms with Gasteiger partial charge < -0.3 is 8.85 Å². The standard InChI is InChI=1S/C15H26O2Si2/c1-6-18(7-2)16-14-11-10-13(5)15(12-14)17-19(8-3)9-4/h10-12H,6-9H2,1-5H3. The summed E-state index contributed by atoms with van der Waals surface area (Å²) in [6, 6.07) is 10.8. The largest absolute Gasteiger partial charge is 0.542 e. The zero-order chi connectivity index (χ0) is 14.3. The molecule has 106 valence electrons. The quantitative estimate of drug-likeness (QED) is 0.640. The van der Waals surface area contributed by atoms with Crippen LogP contribution in [0.25, 0.3) is 0 Å². The van der Waals surface area contributed by atoms with Crippen LogP contribution in [0, 0.1) is 6.92 Å². The normalized spacial score (nSPS) is 11.1. The molecule has 4 heteroatoms. The number of aryl methyl sites for hydroxylation is 1. The van der Waals surface area contributed by atoms with E-state index in [1.807, 2.05) is 0 Å². The maximum Gasteiger partial charge on any atom is 0.280 e. The van der Waals surface area contributed by atoms with Crippen LogP contribution in [0.3, 0.4) is 0 Å². The summed E-state index contributed by atoms with van der Waals surface area (Å²) in [6.07, 6.45) is 0. The molecule has 0 aliphatic carbocycles. The lowest BCUT2D eigenvalue weighted by molar-refractivity contribution is 0.538. The van der Waals surface area contributed by atoms with Gasteiger partial charge in [-0.2, -0.15) is 0 Å². The lowest BCUT2D eigenvalue weighted by Gasteiger charge is -2.18. The highest BCUT2D eigenvalue weighted by atomic mass is 28.3. The topological polar surface area (TPSA) is 18.5 Å². The molecule has 0 unspecified atom stereocenters. The molecule has 1 aromatic carbocycles. The van der Waals surface area contributed by atoms with Gasteiger partial charge in [-0.3, -0.25) is 0 Å². The van der Waals surface area contributed by atoms with Crippen LogP contribution in [-0.2, 0) is 0 Å². The van der Waals surface area contributed by atoms with Gasteiger partial charge in [-0.25, -0.2) is 0 Å². The lowest BCUT2D eigenvalue weighted by Crippen LogP contribution is -2.20. The zero-order valence-corrected chi connectivity index (χ0v) is 14.9. The maximum absolute atomic E-state index is 6.17. The van der Waals surface area contributed by atoms with Gasteiger partial charge in [0.05, 0.1) is 0 Å². The Morgan fingerprint density at radius 2 is 1.37 bits per heavy atom. The van der Waals surface area contributed by atoms with Crippen molar-refractivity contribution in [2.24, 2.45) is 0 Å². The van der Waals surface area contributed by atoms with Crippen molar-refractivity contribution < 1.29 is 8.85 Å². The van der Waals surface area contributed by atoms with Crippen molar-refractivity contribution in [3.8, 4) is 11.5 Å². The lowest BCUT2D eigenvalue weighted by atomic mass is 10.2. The SMILES string of the molecule is CC[Si](CC)Oc1ccc(C)c(O[Si](CC)CC)c1. The average Bonchev–Trinajstić information content (AvgIpc) is 2.44. The fraction of sp³-hybridized carbons (Fsp3) is 0.600. The third-order valence-corrected chi connectivity index (χ3v) is 7.44. The van der Waals surface area contributed by atoms with Crippen molar-refractivity contribution in [1.29, 1.82) is 0 Å². The molecule has 0 aliphatic rings. The number of rotatable bonds is 8. The van der Waals surface area contributed by atoms with Gasteiger partial charge in [-0.15, -0.1) is 0 Å². The van der Waals surface area contributed by atoms with Crippen molar-refractivity contribution in [3.63, 3.8) is 0 Å². The van der Waals surface area contributed by atoms with Crippen molar-refractivity contribution in [3.05, 3.63) is 23.8 Å². The Bertz CT molecular complexity index is 374. The van der Waals surface area contributed by atoms with Gasteiger partial charge in [-0.05, 0) is 42.7 Å². The van der Waals surface area contributed by atoms with Crippen LogP contribution in [0.15, 0.2) is 18.2 Å². The van der Waals surface area contributed by atoms with Gasteiger partial charge in [0.15, 0.2) is 0 Å². The van der Waals surface area contributed by atoms with E-state index in [1.54, 1.807) is 0 Å². The van der Waals surface area contributed by atoms with Crippen LogP contribution in [-0.4, -0.2) is 18.1 Å². The predicted molar refractivity (Wildman–Crippen MR) is 85.9 cm³/mol. The second-order valence-corrected chi connectivity index (χ2v) is 10.0. The van der Waals surface area contributed by atoms with Crippen molar-refractivity contribution >= 4 is 18.1 Å². The highest BCUT2D eigenvalue weighted by molar-refractivity contribution is 6.52. The molecule has 0 fully saturated rings. The molecule has 1 rings (SSSR count). The summed E-state index contributed by atoms with van der Waals surface area (Å²) < 4.78 is 12.3. The third kappa shape index (κ3) is 5.03. The summed E-state index contributed by atoms with van der Waals surface area (Å²) in [5, 5.41) is 0. The van der Waals surface area contributed by atoms with Crippen LogP contribution in [0.5, 0.6) is 11.5 Å². The Morgan fingerprint density at radius 1 is 0.842 bits per heavy atom. The zero-order valence-electron chi connectivity index (χ0n) is 12.9. The first-order valence-electron chi connectivity index (χ1n) is 7.30. The van der Waals surface area contributed by atoms with E-state index >= 15 is 0 Å². The Kier molecular flexibility index (Phi) is 7.24. The summed E-state index contributed by atoms with van der Waals surface area (Å²) in [5.74, 6) is 2.00. The summed E-state index contributed by atoms with van der Waals surface area (Å²) in [6.45, 7) is 10.9. The molecule has 19 heavy (non-hydrogen) atoms. The molecule has 0 saturated carbocycles. The van der Waals surface area contributed by atoms with E-state index < -0.39 is 18.1 Å². The van der Waals surface area contributed by atoms with Crippen LogP contribution in [0.2, 0.25) is 24.2 Å². The molecular formula is C15H26O2Si2. The molecule has 0 bridgehead atoms. The molecule has 0 heterocycles. The first-order chi connectivity index (χ1) is 9.14. The van der Waals surface area contributed by atoms with E-state index in [1.165, 1.54) is 5.56 Å². The molecular weight excluding hydrogens is 268 g/mol. The molecule has 0 spiro atoms. The van der Waals surface area contributed by atoms with Crippen molar-refractivity contribution in [2.75, 3.05) is 0 Å². The Balaban J connectivity index is 2.81. The van der Waals surface area contributed by atoms with Gasteiger partial charge in [0.1, 0.15) is 11.5 Å². The van der Waals surface area contributed by atoms with E-state index in [9.17, 15) is 0 Å². The molecule has 0 N–H and O–H groups in total. The van der Waals surface area contributed by atoms with E-state index in [2.05, 4.69) is 52.8 Å².